The summed E-state index contributed by atoms with van der Waals surface area (Å²) in [4.78, 5) is 24.2. The molecule has 0 heterocycles. The number of carbonyl (C=O) groups is 2. The minimum absolute atomic E-state index is 0.276. The van der Waals surface area contributed by atoms with Crippen LogP contribution in [0.4, 0.5) is 4.79 Å². The van der Waals surface area contributed by atoms with Gasteiger partial charge in [0, 0.05) is 19.0 Å². The van der Waals surface area contributed by atoms with Crippen LogP contribution in [0.3, 0.4) is 0 Å². The summed E-state index contributed by atoms with van der Waals surface area (Å²) in [6, 6.07) is 8.03. The van der Waals surface area contributed by atoms with Crippen LogP contribution in [0.5, 0.6) is 0 Å². The number of urea groups is 1. The van der Waals surface area contributed by atoms with Crippen molar-refractivity contribution in [3.63, 3.8) is 0 Å². The number of carbonyl (C=O) groups excluding carboxylic acids is 2. The highest BCUT2D eigenvalue weighted by Gasteiger charge is 2.23. The molecular formula is C15H21N3O2. The average Bonchev–Trinajstić information content (AvgIpc) is 2.43. The molecule has 0 aromatic heterocycles. The monoisotopic (exact) mass is 275 g/mol. The number of nitrogens with zero attached hydrogens (tertiary/aromatic N) is 1. The van der Waals surface area contributed by atoms with Crippen LogP contribution in [0.25, 0.3) is 0 Å². The minimum atomic E-state index is -0.791. The van der Waals surface area contributed by atoms with Crippen molar-refractivity contribution in [3.05, 3.63) is 35.4 Å². The summed E-state index contributed by atoms with van der Waals surface area (Å²) in [7, 11) is 2.02. The largest absolute Gasteiger partial charge is 0.351 e. The van der Waals surface area contributed by atoms with E-state index >= 15 is 0 Å². The third-order valence-corrected chi connectivity index (χ3v) is 3.82. The van der Waals surface area contributed by atoms with E-state index in [0.29, 0.717) is 12.6 Å². The molecule has 0 spiro atoms. The van der Waals surface area contributed by atoms with Crippen LogP contribution in [-0.4, -0.2) is 30.4 Å². The maximum absolute atomic E-state index is 11.4. The fourth-order valence-corrected chi connectivity index (χ4v) is 2.82. The summed E-state index contributed by atoms with van der Waals surface area (Å²) in [5.74, 6) is -0.326. The lowest BCUT2D eigenvalue weighted by Gasteiger charge is -2.33. The molecule has 0 saturated heterocycles. The van der Waals surface area contributed by atoms with Crippen molar-refractivity contribution in [3.8, 4) is 0 Å². The van der Waals surface area contributed by atoms with E-state index in [9.17, 15) is 9.59 Å². The molecule has 0 bridgehead atoms. The number of fused-ring (bicyclic) bond motifs is 1. The van der Waals surface area contributed by atoms with Crippen molar-refractivity contribution in [1.82, 2.24) is 10.2 Å². The summed E-state index contributed by atoms with van der Waals surface area (Å²) >= 11 is 0. The van der Waals surface area contributed by atoms with Gasteiger partial charge in [-0.25, -0.2) is 4.79 Å². The molecule has 5 nitrogen and oxygen atoms in total. The van der Waals surface area contributed by atoms with Crippen molar-refractivity contribution >= 4 is 11.9 Å². The number of hydrogen-bond acceptors (Lipinski definition) is 3. The first-order valence-electron chi connectivity index (χ1n) is 6.95. The standard InChI is InChI=1S/C15H21N3O2/c1-18(10-9-14(19)17-15(16)20)13-8-4-6-11-5-2-3-7-12(11)13/h2-3,5,7,13H,4,6,8-10H2,1H3,(H3,16,17,19,20). The van der Waals surface area contributed by atoms with E-state index in [0.717, 1.165) is 12.8 Å². The third kappa shape index (κ3) is 3.57. The van der Waals surface area contributed by atoms with E-state index in [-0.39, 0.29) is 12.3 Å². The molecule has 1 aliphatic carbocycles. The Balaban J connectivity index is 1.95. The highest BCUT2D eigenvalue weighted by Crippen LogP contribution is 2.33. The van der Waals surface area contributed by atoms with Gasteiger partial charge >= 0.3 is 6.03 Å². The number of nitrogens with two attached hydrogens (primary N) is 1. The smallest absolute Gasteiger partial charge is 0.318 e. The van der Waals surface area contributed by atoms with Crippen molar-refractivity contribution in [2.24, 2.45) is 5.73 Å². The fraction of sp³-hybridized carbons (Fsp3) is 0.467. The number of benzene rings is 1. The average molecular weight is 275 g/mol. The van der Waals surface area contributed by atoms with Gasteiger partial charge in [-0.15, -0.1) is 0 Å². The summed E-state index contributed by atoms with van der Waals surface area (Å²) in [5.41, 5.74) is 7.68. The lowest BCUT2D eigenvalue weighted by Crippen LogP contribution is -2.37. The Morgan fingerprint density at radius 1 is 1.40 bits per heavy atom. The summed E-state index contributed by atoms with van der Waals surface area (Å²) in [6.07, 6.45) is 3.67. The Morgan fingerprint density at radius 2 is 2.15 bits per heavy atom. The predicted molar refractivity (Wildman–Crippen MR) is 77.1 cm³/mol. The normalized spacial score (nSPS) is 17.6. The highest BCUT2D eigenvalue weighted by atomic mass is 16.2. The van der Waals surface area contributed by atoms with E-state index in [1.165, 1.54) is 17.5 Å². The van der Waals surface area contributed by atoms with Gasteiger partial charge < -0.3 is 5.73 Å². The molecule has 1 atom stereocenters. The number of nitrogens with one attached hydrogen (secondary N) is 1. The van der Waals surface area contributed by atoms with E-state index < -0.39 is 6.03 Å². The molecule has 1 aliphatic rings. The molecule has 0 fully saturated rings. The molecule has 1 aromatic rings. The Hall–Kier alpha value is -1.88. The van der Waals surface area contributed by atoms with Crippen LogP contribution >= 0.6 is 0 Å². The zero-order valence-corrected chi connectivity index (χ0v) is 11.8. The second-order valence-electron chi connectivity index (χ2n) is 5.25. The Bertz CT molecular complexity index is 502. The second kappa shape index (κ2) is 6.52. The molecule has 1 aromatic carbocycles. The number of imide groups is 1. The first kappa shape index (κ1) is 14.5. The van der Waals surface area contributed by atoms with Crippen molar-refractivity contribution in [2.75, 3.05) is 13.6 Å². The SMILES string of the molecule is CN(CCC(=O)NC(N)=O)C1CCCc2ccccc21. The lowest BCUT2D eigenvalue weighted by molar-refractivity contribution is -0.120. The van der Waals surface area contributed by atoms with Gasteiger partial charge in [-0.3, -0.25) is 15.0 Å². The Labute approximate surface area is 119 Å². The van der Waals surface area contributed by atoms with E-state index in [1.54, 1.807) is 0 Å². The van der Waals surface area contributed by atoms with E-state index in [4.69, 9.17) is 5.73 Å². The molecule has 0 aliphatic heterocycles. The van der Waals surface area contributed by atoms with Gasteiger partial charge in [0.25, 0.3) is 0 Å². The quantitative estimate of drug-likeness (QED) is 0.876. The number of hydrogen-bond donors (Lipinski definition) is 2. The summed E-state index contributed by atoms with van der Waals surface area (Å²) < 4.78 is 0. The predicted octanol–water partition coefficient (Wildman–Crippen LogP) is 1.58. The number of amides is 3. The molecule has 1 unspecified atom stereocenters. The van der Waals surface area contributed by atoms with Gasteiger partial charge in [0.15, 0.2) is 0 Å². The first-order chi connectivity index (χ1) is 9.58. The second-order valence-corrected chi connectivity index (χ2v) is 5.25. The first-order valence-corrected chi connectivity index (χ1v) is 6.95. The molecule has 0 saturated carbocycles. The summed E-state index contributed by atoms with van der Waals surface area (Å²) in [6.45, 7) is 0.609. The third-order valence-electron chi connectivity index (χ3n) is 3.82. The number of primary amides is 1. The van der Waals surface area contributed by atoms with Gasteiger partial charge in [-0.05, 0) is 37.4 Å². The van der Waals surface area contributed by atoms with Crippen LogP contribution in [0.15, 0.2) is 24.3 Å². The molecule has 108 valence electrons. The highest BCUT2D eigenvalue weighted by molar-refractivity contribution is 5.93. The van der Waals surface area contributed by atoms with Gasteiger partial charge in [-0.1, -0.05) is 24.3 Å². The molecule has 0 radical (unpaired) electrons. The zero-order valence-electron chi connectivity index (χ0n) is 11.8. The van der Waals surface area contributed by atoms with Crippen molar-refractivity contribution in [1.29, 1.82) is 0 Å². The van der Waals surface area contributed by atoms with Gasteiger partial charge in [0.1, 0.15) is 0 Å². The van der Waals surface area contributed by atoms with Crippen molar-refractivity contribution < 1.29 is 9.59 Å². The van der Waals surface area contributed by atoms with E-state index in [1.807, 2.05) is 7.05 Å². The van der Waals surface area contributed by atoms with Crippen LogP contribution in [0.1, 0.15) is 36.4 Å². The van der Waals surface area contributed by atoms with Crippen molar-refractivity contribution in [2.45, 2.75) is 31.7 Å². The molecule has 5 heteroatoms. The number of aryl methyl sites for hydroxylation is 1. The summed E-state index contributed by atoms with van der Waals surface area (Å²) in [5, 5.41) is 2.09. The van der Waals surface area contributed by atoms with Gasteiger partial charge in [0.2, 0.25) is 5.91 Å². The lowest BCUT2D eigenvalue weighted by atomic mass is 9.87. The van der Waals surface area contributed by atoms with Crippen LogP contribution in [0, 0.1) is 0 Å². The minimum Gasteiger partial charge on any atom is -0.351 e. The Morgan fingerprint density at radius 3 is 2.90 bits per heavy atom. The fourth-order valence-electron chi connectivity index (χ4n) is 2.82. The zero-order chi connectivity index (χ0) is 14.5. The molecule has 20 heavy (non-hydrogen) atoms. The maximum Gasteiger partial charge on any atom is 0.318 e. The molecule has 2 rings (SSSR count). The van der Waals surface area contributed by atoms with Crippen LogP contribution in [0.2, 0.25) is 0 Å². The Kier molecular flexibility index (Phi) is 4.74. The van der Waals surface area contributed by atoms with Crippen LogP contribution < -0.4 is 11.1 Å². The number of rotatable bonds is 4. The topological polar surface area (TPSA) is 75.4 Å². The maximum atomic E-state index is 11.4. The van der Waals surface area contributed by atoms with E-state index in [2.05, 4.69) is 34.5 Å². The molecule has 3 amide bonds. The van der Waals surface area contributed by atoms with Crippen LogP contribution in [-0.2, 0) is 11.2 Å². The molecule has 3 N–H and O–H groups in total. The van der Waals surface area contributed by atoms with Gasteiger partial charge in [0.05, 0.1) is 0 Å². The molecular weight excluding hydrogens is 254 g/mol. The van der Waals surface area contributed by atoms with Gasteiger partial charge in [-0.2, -0.15) is 0 Å².